The Morgan fingerprint density at radius 1 is 1.21 bits per heavy atom. The zero-order valence-corrected chi connectivity index (χ0v) is 20.0. The van der Waals surface area contributed by atoms with E-state index in [0.29, 0.717) is 0 Å². The van der Waals surface area contributed by atoms with Crippen molar-refractivity contribution in [3.05, 3.63) is 76.0 Å². The number of thioether (sulfide) groups is 1. The molecule has 154 valence electrons. The van der Waals surface area contributed by atoms with E-state index in [0.717, 1.165) is 32.4 Å². The number of allylic oxidation sites excluding steroid dienone is 3. The van der Waals surface area contributed by atoms with Crippen LogP contribution >= 0.6 is 23.4 Å². The van der Waals surface area contributed by atoms with E-state index in [2.05, 4.69) is 52.8 Å². The smallest absolute Gasteiger partial charge is 0.0412 e. The Bertz CT molecular complexity index is 722. The van der Waals surface area contributed by atoms with Crippen molar-refractivity contribution in [2.45, 2.75) is 66.7 Å². The van der Waals surface area contributed by atoms with E-state index in [1.165, 1.54) is 43.3 Å². The minimum absolute atomic E-state index is 0.735. The van der Waals surface area contributed by atoms with Crippen LogP contribution in [0.5, 0.6) is 0 Å². The molecule has 1 aliphatic rings. The number of benzene rings is 1. The van der Waals surface area contributed by atoms with Gasteiger partial charge in [-0.3, -0.25) is 0 Å². The third-order valence-electron chi connectivity index (χ3n) is 5.45. The highest BCUT2D eigenvalue weighted by Gasteiger charge is 2.41. The van der Waals surface area contributed by atoms with Gasteiger partial charge in [0.15, 0.2) is 0 Å². The molecule has 1 aromatic rings. The van der Waals surface area contributed by atoms with Crippen LogP contribution in [0, 0.1) is 11.3 Å². The summed E-state index contributed by atoms with van der Waals surface area (Å²) >= 11 is 7.53. The molecule has 0 amide bonds. The molecular formula is C26H37ClS. The maximum absolute atomic E-state index is 5.94. The van der Waals surface area contributed by atoms with Crippen LogP contribution in [0.3, 0.4) is 0 Å². The second-order valence-corrected chi connectivity index (χ2v) is 9.73. The van der Waals surface area contributed by atoms with Gasteiger partial charge in [0, 0.05) is 9.93 Å². The molecule has 1 fully saturated rings. The van der Waals surface area contributed by atoms with Crippen LogP contribution in [0.2, 0.25) is 5.02 Å². The second-order valence-electron chi connectivity index (χ2n) is 8.33. The SMILES string of the molecule is C=C(C)C(=C)S/C=C(\C)c1cccc(Cl)c1.C=C(C)C(C)CC1(CCC)CC1. The largest absolute Gasteiger partial charge is 0.0999 e. The van der Waals surface area contributed by atoms with Gasteiger partial charge in [0.05, 0.1) is 0 Å². The van der Waals surface area contributed by atoms with Crippen LogP contribution in [-0.2, 0) is 0 Å². The standard InChI is InChI=1S/C14H15ClS.C12H22/c1-10(2)12(4)16-9-11(3)13-6-5-7-14(15)8-13;1-5-6-12(7-8-12)9-11(4)10(2)3/h5-9H,1,4H2,2-3H3;11H,2,5-9H2,1,3-4H3/b11-9+;. The van der Waals surface area contributed by atoms with Crippen LogP contribution in [0.4, 0.5) is 0 Å². The van der Waals surface area contributed by atoms with Gasteiger partial charge in [-0.25, -0.2) is 0 Å². The van der Waals surface area contributed by atoms with Gasteiger partial charge in [-0.15, -0.1) is 0 Å². The predicted octanol–water partition coefficient (Wildman–Crippen LogP) is 9.69. The molecule has 1 aliphatic carbocycles. The van der Waals surface area contributed by atoms with Gasteiger partial charge >= 0.3 is 0 Å². The molecule has 0 spiro atoms. The molecule has 0 radical (unpaired) electrons. The number of hydrogen-bond acceptors (Lipinski definition) is 1. The summed E-state index contributed by atoms with van der Waals surface area (Å²) in [6.07, 6.45) is 7.11. The second kappa shape index (κ2) is 11.7. The van der Waals surface area contributed by atoms with Gasteiger partial charge in [-0.2, -0.15) is 0 Å². The summed E-state index contributed by atoms with van der Waals surface area (Å²) in [5, 5.41) is 2.83. The Morgan fingerprint density at radius 3 is 2.32 bits per heavy atom. The molecule has 1 aromatic carbocycles. The average molecular weight is 417 g/mol. The van der Waals surface area contributed by atoms with Crippen molar-refractivity contribution in [1.82, 2.24) is 0 Å². The van der Waals surface area contributed by atoms with E-state index < -0.39 is 0 Å². The maximum atomic E-state index is 5.94. The molecule has 0 heterocycles. The average Bonchev–Trinajstić information content (AvgIpc) is 3.39. The molecule has 2 heteroatoms. The lowest BCUT2D eigenvalue weighted by Crippen LogP contribution is -2.07. The predicted molar refractivity (Wildman–Crippen MR) is 132 cm³/mol. The number of hydrogen-bond donors (Lipinski definition) is 0. The molecule has 1 saturated carbocycles. The first-order chi connectivity index (χ1) is 13.1. The van der Waals surface area contributed by atoms with Crippen LogP contribution < -0.4 is 0 Å². The fourth-order valence-corrected chi connectivity index (χ4v) is 4.00. The minimum Gasteiger partial charge on any atom is -0.0999 e. The molecule has 0 saturated heterocycles. The summed E-state index contributed by atoms with van der Waals surface area (Å²) in [7, 11) is 0. The highest BCUT2D eigenvalue weighted by molar-refractivity contribution is 8.06. The Balaban J connectivity index is 0.000000292. The first-order valence-corrected chi connectivity index (χ1v) is 11.5. The Labute approximate surface area is 182 Å². The summed E-state index contributed by atoms with van der Waals surface area (Å²) in [6, 6.07) is 7.82. The molecular weight excluding hydrogens is 380 g/mol. The Morgan fingerprint density at radius 2 is 1.86 bits per heavy atom. The normalized spacial score (nSPS) is 15.9. The van der Waals surface area contributed by atoms with E-state index in [1.807, 2.05) is 31.2 Å². The topological polar surface area (TPSA) is 0 Å². The van der Waals surface area contributed by atoms with Gasteiger partial charge in [0.25, 0.3) is 0 Å². The first-order valence-electron chi connectivity index (χ1n) is 10.2. The maximum Gasteiger partial charge on any atom is 0.0412 e. The van der Waals surface area contributed by atoms with E-state index in [-0.39, 0.29) is 0 Å². The van der Waals surface area contributed by atoms with Crippen molar-refractivity contribution in [3.8, 4) is 0 Å². The Kier molecular flexibility index (Phi) is 10.4. The molecule has 1 unspecified atom stereocenters. The van der Waals surface area contributed by atoms with Gasteiger partial charge in [-0.1, -0.05) is 81.1 Å². The third-order valence-corrected chi connectivity index (χ3v) is 6.79. The number of rotatable bonds is 9. The molecule has 0 bridgehead atoms. The van der Waals surface area contributed by atoms with Crippen LogP contribution in [0.25, 0.3) is 5.57 Å². The van der Waals surface area contributed by atoms with Crippen molar-refractivity contribution in [1.29, 1.82) is 0 Å². The molecule has 0 N–H and O–H groups in total. The third kappa shape index (κ3) is 8.88. The van der Waals surface area contributed by atoms with E-state index >= 15 is 0 Å². The quantitative estimate of drug-likeness (QED) is 0.285. The summed E-state index contributed by atoms with van der Waals surface area (Å²) in [6.45, 7) is 22.6. The highest BCUT2D eigenvalue weighted by Crippen LogP contribution is 2.54. The zero-order valence-electron chi connectivity index (χ0n) is 18.4. The molecule has 1 atom stereocenters. The van der Waals surface area contributed by atoms with Gasteiger partial charge < -0.3 is 0 Å². The van der Waals surface area contributed by atoms with Gasteiger partial charge in [0.1, 0.15) is 0 Å². The lowest BCUT2D eigenvalue weighted by molar-refractivity contribution is 0.372. The monoisotopic (exact) mass is 416 g/mol. The van der Waals surface area contributed by atoms with Gasteiger partial charge in [0.2, 0.25) is 0 Å². The Hall–Kier alpha value is -1.18. The van der Waals surface area contributed by atoms with Crippen molar-refractivity contribution < 1.29 is 0 Å². The fraction of sp³-hybridized carbons (Fsp3) is 0.462. The summed E-state index contributed by atoms with van der Waals surface area (Å²) < 4.78 is 0. The highest BCUT2D eigenvalue weighted by atomic mass is 35.5. The van der Waals surface area contributed by atoms with Gasteiger partial charge in [-0.05, 0) is 92.0 Å². The van der Waals surface area contributed by atoms with Crippen LogP contribution in [-0.4, -0.2) is 0 Å². The molecule has 0 aromatic heterocycles. The lowest BCUT2D eigenvalue weighted by atomic mass is 9.86. The minimum atomic E-state index is 0.735. The van der Waals surface area contributed by atoms with Crippen molar-refractivity contribution >= 4 is 28.9 Å². The van der Waals surface area contributed by atoms with E-state index in [4.69, 9.17) is 11.6 Å². The van der Waals surface area contributed by atoms with Crippen molar-refractivity contribution in [3.63, 3.8) is 0 Å². The molecule has 0 aliphatic heterocycles. The van der Waals surface area contributed by atoms with Crippen molar-refractivity contribution in [2.75, 3.05) is 0 Å². The lowest BCUT2D eigenvalue weighted by Gasteiger charge is -2.19. The molecule has 2 rings (SSSR count). The zero-order chi connectivity index (χ0) is 21.3. The summed E-state index contributed by atoms with van der Waals surface area (Å²) in [5.41, 5.74) is 5.41. The summed E-state index contributed by atoms with van der Waals surface area (Å²) in [4.78, 5) is 0.987. The van der Waals surface area contributed by atoms with E-state index in [1.54, 1.807) is 11.8 Å². The summed E-state index contributed by atoms with van der Waals surface area (Å²) in [5.74, 6) is 0.735. The number of halogens is 1. The molecule has 28 heavy (non-hydrogen) atoms. The van der Waals surface area contributed by atoms with Crippen molar-refractivity contribution in [2.24, 2.45) is 11.3 Å². The van der Waals surface area contributed by atoms with Crippen LogP contribution in [0.1, 0.15) is 72.3 Å². The fourth-order valence-electron chi connectivity index (χ4n) is 3.15. The van der Waals surface area contributed by atoms with Crippen LogP contribution in [0.15, 0.2) is 65.5 Å². The first kappa shape index (κ1) is 24.9. The van der Waals surface area contributed by atoms with E-state index in [9.17, 15) is 0 Å². The molecule has 0 nitrogen and oxygen atoms in total.